The molecular formula is C43H57F2N3O9. The third-order valence-electron chi connectivity index (χ3n) is 9.87. The number of hydrogen-bond donors (Lipinski definition) is 2. The minimum atomic E-state index is -1.40. The van der Waals surface area contributed by atoms with Crippen LogP contribution in [0, 0.1) is 0 Å². The maximum atomic E-state index is 13.5. The molecule has 12 nitrogen and oxygen atoms in total. The van der Waals surface area contributed by atoms with Crippen molar-refractivity contribution in [3.63, 3.8) is 0 Å². The first-order valence-electron chi connectivity index (χ1n) is 19.3. The molecule has 3 amide bonds. The average Bonchev–Trinajstić information content (AvgIpc) is 4.04. The standard InChI is InChI=1S/2C14H18FNO3.C14H17NO3.CH4/c15-12-9-16(8-4-7-13(12)17)14(18)19-10-11-5-2-1-3-6-11;15-12-7-4-8-16(9-13(12)17)14(18)19-10-11-5-2-1-3-6-11;16-14(17-10-11-5-2-1-3-6-11)15-8-4-7-12-13(9-15)18-12;/h2*1-3,5-6,12-13,17H,4,7-10H2;1-3,5-6,12-13H,4,7-10H2;1H4/t2*12-,13-;;/m11../s1. The van der Waals surface area contributed by atoms with Crippen molar-refractivity contribution in [2.75, 3.05) is 39.3 Å². The van der Waals surface area contributed by atoms with Crippen LogP contribution in [-0.4, -0.2) is 119 Å². The minimum absolute atomic E-state index is 0. The maximum absolute atomic E-state index is 13.5. The van der Waals surface area contributed by atoms with Crippen LogP contribution >= 0.6 is 0 Å². The van der Waals surface area contributed by atoms with Crippen molar-refractivity contribution < 1.29 is 52.3 Å². The van der Waals surface area contributed by atoms with E-state index >= 15 is 0 Å². The second-order valence-corrected chi connectivity index (χ2v) is 14.3. The van der Waals surface area contributed by atoms with Crippen LogP contribution in [0.5, 0.6) is 0 Å². The normalized spacial score (nSPS) is 24.1. The lowest BCUT2D eigenvalue weighted by Crippen LogP contribution is -2.38. The summed E-state index contributed by atoms with van der Waals surface area (Å²) in [5, 5.41) is 18.9. The first-order valence-corrected chi connectivity index (χ1v) is 19.3. The summed E-state index contributed by atoms with van der Waals surface area (Å²) in [4.78, 5) is 40.1. The van der Waals surface area contributed by atoms with Gasteiger partial charge in [-0.15, -0.1) is 0 Å². The molecule has 2 N–H and O–H groups in total. The van der Waals surface area contributed by atoms with Gasteiger partial charge in [-0.1, -0.05) is 98.4 Å². The van der Waals surface area contributed by atoms with E-state index in [2.05, 4.69) is 0 Å². The lowest BCUT2D eigenvalue weighted by Gasteiger charge is -2.22. The van der Waals surface area contributed by atoms with Gasteiger partial charge in [-0.2, -0.15) is 0 Å². The molecule has 6 atom stereocenters. The number of nitrogens with zero attached hydrogens (tertiary/aromatic N) is 3. The molecule has 0 bridgehead atoms. The number of alkyl halides is 2. The fourth-order valence-corrected chi connectivity index (χ4v) is 6.51. The van der Waals surface area contributed by atoms with Crippen molar-refractivity contribution in [3.8, 4) is 0 Å². The number of aliphatic hydroxyl groups is 2. The Morgan fingerprint density at radius 1 is 0.544 bits per heavy atom. The largest absolute Gasteiger partial charge is 0.445 e. The smallest absolute Gasteiger partial charge is 0.410 e. The molecular weight excluding hydrogens is 740 g/mol. The Morgan fingerprint density at radius 2 is 0.947 bits per heavy atom. The number of ether oxygens (including phenoxy) is 4. The Balaban J connectivity index is 0.000000188. The van der Waals surface area contributed by atoms with E-state index < -0.39 is 36.7 Å². The van der Waals surface area contributed by atoms with Crippen LogP contribution in [0.15, 0.2) is 91.0 Å². The van der Waals surface area contributed by atoms with Crippen molar-refractivity contribution in [1.82, 2.24) is 14.7 Å². The summed E-state index contributed by atoms with van der Waals surface area (Å²) >= 11 is 0. The van der Waals surface area contributed by atoms with Gasteiger partial charge in [-0.25, -0.2) is 23.2 Å². The van der Waals surface area contributed by atoms with Crippen LogP contribution < -0.4 is 0 Å². The second kappa shape index (κ2) is 23.4. The van der Waals surface area contributed by atoms with Crippen LogP contribution in [0.3, 0.4) is 0 Å². The van der Waals surface area contributed by atoms with E-state index in [0.717, 1.165) is 36.1 Å². The molecule has 3 aromatic carbocycles. The number of β-amino-alcohol motifs (C(OH)–C–C–N with tert-alkyl or cyclic N) is 1. The van der Waals surface area contributed by atoms with E-state index in [0.29, 0.717) is 51.6 Å². The third kappa shape index (κ3) is 15.2. The number of aliphatic hydroxyl groups excluding tert-OH is 2. The van der Waals surface area contributed by atoms with Gasteiger partial charge >= 0.3 is 18.3 Å². The number of epoxide rings is 1. The van der Waals surface area contributed by atoms with E-state index in [4.69, 9.17) is 18.9 Å². The number of benzene rings is 3. The van der Waals surface area contributed by atoms with Crippen molar-refractivity contribution in [3.05, 3.63) is 108 Å². The van der Waals surface area contributed by atoms with E-state index in [1.54, 1.807) is 4.90 Å². The predicted octanol–water partition coefficient (Wildman–Crippen LogP) is 7.06. The average molecular weight is 798 g/mol. The van der Waals surface area contributed by atoms with Crippen LogP contribution in [0.2, 0.25) is 0 Å². The van der Waals surface area contributed by atoms with E-state index in [1.807, 2.05) is 91.0 Å². The molecule has 3 aromatic rings. The predicted molar refractivity (Wildman–Crippen MR) is 209 cm³/mol. The molecule has 0 aromatic heterocycles. The summed E-state index contributed by atoms with van der Waals surface area (Å²) in [7, 11) is 0. The summed E-state index contributed by atoms with van der Waals surface area (Å²) in [5.74, 6) is 0. The summed E-state index contributed by atoms with van der Waals surface area (Å²) in [6, 6.07) is 28.4. The molecule has 4 fully saturated rings. The van der Waals surface area contributed by atoms with Crippen molar-refractivity contribution in [2.45, 2.75) is 103 Å². The van der Waals surface area contributed by atoms with Gasteiger partial charge in [-0.05, 0) is 55.2 Å². The lowest BCUT2D eigenvalue weighted by atomic mass is 10.1. The molecule has 4 saturated heterocycles. The van der Waals surface area contributed by atoms with Gasteiger partial charge in [0.15, 0.2) is 0 Å². The highest BCUT2D eigenvalue weighted by Crippen LogP contribution is 2.30. The fourth-order valence-electron chi connectivity index (χ4n) is 6.51. The summed E-state index contributed by atoms with van der Waals surface area (Å²) in [5.41, 5.74) is 2.80. The van der Waals surface area contributed by atoms with Crippen LogP contribution in [0.4, 0.5) is 23.2 Å². The Hall–Kier alpha value is -4.79. The summed E-state index contributed by atoms with van der Waals surface area (Å²) in [6.07, 6.45) is -1.53. The minimum Gasteiger partial charge on any atom is -0.445 e. The maximum Gasteiger partial charge on any atom is 0.410 e. The fraction of sp³-hybridized carbons (Fsp3) is 0.512. The Bertz CT molecular complexity index is 1550. The molecule has 312 valence electrons. The number of rotatable bonds is 6. The van der Waals surface area contributed by atoms with Gasteiger partial charge in [-0.3, -0.25) is 0 Å². The number of carbonyl (C=O) groups excluding carboxylic acids is 3. The van der Waals surface area contributed by atoms with Crippen molar-refractivity contribution in [2.24, 2.45) is 0 Å². The van der Waals surface area contributed by atoms with Gasteiger partial charge in [0, 0.05) is 19.6 Å². The van der Waals surface area contributed by atoms with Gasteiger partial charge in [0.25, 0.3) is 0 Å². The zero-order valence-corrected chi connectivity index (χ0v) is 31.6. The van der Waals surface area contributed by atoms with Crippen molar-refractivity contribution in [1.29, 1.82) is 0 Å². The second-order valence-electron chi connectivity index (χ2n) is 14.3. The monoisotopic (exact) mass is 797 g/mol. The van der Waals surface area contributed by atoms with Crippen LogP contribution in [0.1, 0.15) is 62.6 Å². The van der Waals surface area contributed by atoms with Gasteiger partial charge in [0.05, 0.1) is 31.8 Å². The highest BCUT2D eigenvalue weighted by atomic mass is 19.1. The highest BCUT2D eigenvalue weighted by molar-refractivity contribution is 5.68. The number of likely N-dealkylation sites (tertiary alicyclic amines) is 3. The molecule has 57 heavy (non-hydrogen) atoms. The molecule has 4 heterocycles. The number of hydrogen-bond acceptors (Lipinski definition) is 9. The quantitative estimate of drug-likeness (QED) is 0.198. The number of amides is 3. The van der Waals surface area contributed by atoms with Gasteiger partial charge in [0.2, 0.25) is 0 Å². The third-order valence-corrected chi connectivity index (χ3v) is 9.87. The molecule has 0 spiro atoms. The zero-order valence-electron chi connectivity index (χ0n) is 31.6. The number of halogens is 2. The van der Waals surface area contributed by atoms with Gasteiger partial charge in [0.1, 0.15) is 44.4 Å². The molecule has 0 saturated carbocycles. The van der Waals surface area contributed by atoms with Crippen LogP contribution in [-0.2, 0) is 38.8 Å². The van der Waals surface area contributed by atoms with E-state index in [9.17, 15) is 33.4 Å². The molecule has 2 unspecified atom stereocenters. The zero-order chi connectivity index (χ0) is 39.7. The first kappa shape index (κ1) is 44.9. The molecule has 0 radical (unpaired) electrons. The lowest BCUT2D eigenvalue weighted by molar-refractivity contribution is 0.0461. The SMILES string of the molecule is C.O=C(OCc1ccccc1)N1CCCC2OC2C1.O=C(OCc1ccccc1)N1CCC[C@@H](F)[C@H](O)C1.O=C(OCc1ccccc1)N1CCC[C@@H](O)[C@H](F)C1. The number of carbonyl (C=O) groups is 3. The highest BCUT2D eigenvalue weighted by Gasteiger charge is 2.42. The molecule has 0 aliphatic carbocycles. The molecule has 14 heteroatoms. The van der Waals surface area contributed by atoms with Crippen LogP contribution in [0.25, 0.3) is 0 Å². The topological polar surface area (TPSA) is 142 Å². The van der Waals surface area contributed by atoms with E-state index in [1.165, 1.54) is 9.80 Å². The Kier molecular flexibility index (Phi) is 18.5. The van der Waals surface area contributed by atoms with Crippen molar-refractivity contribution >= 4 is 18.3 Å². The first-order chi connectivity index (χ1) is 27.2. The Morgan fingerprint density at radius 3 is 1.42 bits per heavy atom. The molecule has 4 aliphatic heterocycles. The van der Waals surface area contributed by atoms with E-state index in [-0.39, 0.29) is 52.3 Å². The summed E-state index contributed by atoms with van der Waals surface area (Å²) in [6.45, 7) is 2.90. The van der Waals surface area contributed by atoms with Gasteiger partial charge < -0.3 is 43.9 Å². The summed E-state index contributed by atoms with van der Waals surface area (Å²) < 4.78 is 47.9. The molecule has 7 rings (SSSR count). The Labute approximate surface area is 334 Å². The molecule has 4 aliphatic rings. The number of fused-ring (bicyclic) bond motifs is 1.